The van der Waals surface area contributed by atoms with Gasteiger partial charge in [-0.2, -0.15) is 0 Å². The average Bonchev–Trinajstić information content (AvgIpc) is 2.76. The molecule has 2 atom stereocenters. The van der Waals surface area contributed by atoms with E-state index in [1.165, 1.54) is 0 Å². The molecule has 0 spiro atoms. The van der Waals surface area contributed by atoms with Crippen molar-refractivity contribution in [2.45, 2.75) is 38.4 Å². The zero-order chi connectivity index (χ0) is 15.0. The van der Waals surface area contributed by atoms with E-state index in [-0.39, 0.29) is 12.0 Å². The van der Waals surface area contributed by atoms with E-state index in [1.54, 1.807) is 25.1 Å². The summed E-state index contributed by atoms with van der Waals surface area (Å²) in [5.74, 6) is -1.08. The number of hydrogen-bond donors (Lipinski definition) is 1. The molecule has 1 fully saturated rings. The van der Waals surface area contributed by atoms with E-state index < -0.39 is 18.0 Å². The smallest absolute Gasteiger partial charge is 0.347 e. The molecule has 0 bridgehead atoms. The van der Waals surface area contributed by atoms with E-state index >= 15 is 0 Å². The van der Waals surface area contributed by atoms with Crippen molar-refractivity contribution in [3.8, 4) is 0 Å². The molecule has 1 aromatic carbocycles. The van der Waals surface area contributed by atoms with Gasteiger partial charge in [0.1, 0.15) is 6.10 Å². The highest BCUT2D eigenvalue weighted by Crippen LogP contribution is 2.25. The molecule has 1 aromatic rings. The van der Waals surface area contributed by atoms with Crippen molar-refractivity contribution < 1.29 is 23.9 Å². The summed E-state index contributed by atoms with van der Waals surface area (Å²) in [6.07, 6.45) is 0.311. The van der Waals surface area contributed by atoms with Crippen molar-refractivity contribution >= 4 is 23.5 Å². The van der Waals surface area contributed by atoms with Crippen molar-refractivity contribution in [1.82, 2.24) is 0 Å². The first-order valence-corrected chi connectivity index (χ1v) is 6.87. The van der Waals surface area contributed by atoms with Crippen LogP contribution in [0.15, 0.2) is 18.2 Å². The number of rotatable bonds is 2. The first-order valence-electron chi connectivity index (χ1n) is 6.87. The number of ether oxygens (including phenoxy) is 2. The second-order valence-corrected chi connectivity index (χ2v) is 5.30. The molecule has 0 aromatic heterocycles. The number of nitrogens with one attached hydrogen (secondary N) is 1. The molecule has 0 unspecified atom stereocenters. The topological polar surface area (TPSA) is 81.7 Å². The molecule has 6 nitrogen and oxygen atoms in total. The molecule has 2 aliphatic rings. The lowest BCUT2D eigenvalue weighted by Gasteiger charge is -2.17. The monoisotopic (exact) mass is 289 g/mol. The van der Waals surface area contributed by atoms with Crippen LogP contribution in [-0.2, 0) is 25.5 Å². The largest absolute Gasteiger partial charge is 0.460 e. The highest BCUT2D eigenvalue weighted by molar-refractivity contribution is 5.96. The molecule has 1 amide bonds. The Kier molecular flexibility index (Phi) is 3.37. The third-order valence-corrected chi connectivity index (χ3v) is 3.61. The van der Waals surface area contributed by atoms with Gasteiger partial charge in [-0.3, -0.25) is 4.79 Å². The number of fused-ring (bicyclic) bond motifs is 1. The van der Waals surface area contributed by atoms with Gasteiger partial charge in [-0.15, -0.1) is 0 Å². The van der Waals surface area contributed by atoms with Gasteiger partial charge < -0.3 is 14.8 Å². The number of benzene rings is 1. The molecule has 2 aliphatic heterocycles. The Morgan fingerprint density at radius 2 is 2.14 bits per heavy atom. The van der Waals surface area contributed by atoms with E-state index in [0.717, 1.165) is 11.3 Å². The van der Waals surface area contributed by atoms with Gasteiger partial charge in [-0.1, -0.05) is 0 Å². The first kappa shape index (κ1) is 13.6. The summed E-state index contributed by atoms with van der Waals surface area (Å²) in [4.78, 5) is 34.8. The van der Waals surface area contributed by atoms with Gasteiger partial charge in [0.05, 0.1) is 5.56 Å². The molecule has 1 N–H and O–H groups in total. The number of hydrogen-bond acceptors (Lipinski definition) is 5. The van der Waals surface area contributed by atoms with Gasteiger partial charge in [0.2, 0.25) is 12.0 Å². The van der Waals surface area contributed by atoms with E-state index in [9.17, 15) is 14.4 Å². The van der Waals surface area contributed by atoms with Gasteiger partial charge in [0.15, 0.2) is 0 Å². The Bertz CT molecular complexity index is 624. The molecule has 0 saturated carbocycles. The minimum absolute atomic E-state index is 0.0273. The van der Waals surface area contributed by atoms with Crippen LogP contribution in [0, 0.1) is 0 Å². The van der Waals surface area contributed by atoms with Crippen LogP contribution < -0.4 is 5.32 Å². The Morgan fingerprint density at radius 3 is 2.86 bits per heavy atom. The zero-order valence-electron chi connectivity index (χ0n) is 11.5. The minimum atomic E-state index is -0.830. The third kappa shape index (κ3) is 2.74. The van der Waals surface area contributed by atoms with Crippen LogP contribution >= 0.6 is 0 Å². The fourth-order valence-corrected chi connectivity index (χ4v) is 2.52. The quantitative estimate of drug-likeness (QED) is 0.833. The summed E-state index contributed by atoms with van der Waals surface area (Å²) in [6, 6.07) is 4.95. The maximum absolute atomic E-state index is 12.1. The predicted molar refractivity (Wildman–Crippen MR) is 72.8 cm³/mol. The van der Waals surface area contributed by atoms with Gasteiger partial charge in [0.25, 0.3) is 0 Å². The minimum Gasteiger partial charge on any atom is -0.460 e. The molecular formula is C15H15NO5. The SMILES string of the molecule is C[C@H]1C[C@@H](OC(=O)c2ccc3c(c2)CCC(=O)N3)C(=O)O1. The summed E-state index contributed by atoms with van der Waals surface area (Å²) < 4.78 is 10.1. The lowest BCUT2D eigenvalue weighted by molar-refractivity contribution is -0.147. The van der Waals surface area contributed by atoms with Crippen LogP contribution in [0.3, 0.4) is 0 Å². The summed E-state index contributed by atoms with van der Waals surface area (Å²) in [5, 5.41) is 2.75. The van der Waals surface area contributed by atoms with E-state index in [0.29, 0.717) is 24.8 Å². The van der Waals surface area contributed by atoms with Gasteiger partial charge in [-0.25, -0.2) is 9.59 Å². The number of aryl methyl sites for hydroxylation is 1. The maximum atomic E-state index is 12.1. The van der Waals surface area contributed by atoms with Crippen LogP contribution in [-0.4, -0.2) is 30.1 Å². The van der Waals surface area contributed by atoms with Crippen molar-refractivity contribution in [2.75, 3.05) is 5.32 Å². The molecule has 1 saturated heterocycles. The van der Waals surface area contributed by atoms with Crippen molar-refractivity contribution in [2.24, 2.45) is 0 Å². The number of esters is 2. The Hall–Kier alpha value is -2.37. The summed E-state index contributed by atoms with van der Waals surface area (Å²) >= 11 is 0. The van der Waals surface area contributed by atoms with Crippen LogP contribution in [0.1, 0.15) is 35.7 Å². The number of cyclic esters (lactones) is 1. The average molecular weight is 289 g/mol. The van der Waals surface area contributed by atoms with Crippen LogP contribution in [0.4, 0.5) is 5.69 Å². The second-order valence-electron chi connectivity index (χ2n) is 5.30. The zero-order valence-corrected chi connectivity index (χ0v) is 11.5. The Labute approximate surface area is 121 Å². The standard InChI is InChI=1S/C15H15NO5/c1-8-6-12(15(19)20-8)21-14(18)10-2-4-11-9(7-10)3-5-13(17)16-11/h2,4,7-8,12H,3,5-6H2,1H3,(H,16,17)/t8-,12+/m0/s1. The summed E-state index contributed by atoms with van der Waals surface area (Å²) in [7, 11) is 0. The fraction of sp³-hybridized carbons (Fsp3) is 0.400. The predicted octanol–water partition coefficient (Wildman–Crippen LogP) is 1.43. The molecule has 6 heteroatoms. The van der Waals surface area contributed by atoms with Gasteiger partial charge in [0, 0.05) is 18.5 Å². The Balaban J connectivity index is 1.73. The van der Waals surface area contributed by atoms with Crippen LogP contribution in [0.25, 0.3) is 0 Å². The van der Waals surface area contributed by atoms with Crippen LogP contribution in [0.2, 0.25) is 0 Å². The first-order chi connectivity index (χ1) is 10.0. The summed E-state index contributed by atoms with van der Waals surface area (Å²) in [5.41, 5.74) is 1.99. The number of carbonyl (C=O) groups excluding carboxylic acids is 3. The highest BCUT2D eigenvalue weighted by Gasteiger charge is 2.35. The second kappa shape index (κ2) is 5.20. The van der Waals surface area contributed by atoms with Gasteiger partial charge >= 0.3 is 11.9 Å². The molecular weight excluding hydrogens is 274 g/mol. The number of amides is 1. The molecule has 3 rings (SSSR count). The fourth-order valence-electron chi connectivity index (χ4n) is 2.52. The number of carbonyl (C=O) groups is 3. The lowest BCUT2D eigenvalue weighted by Crippen LogP contribution is -2.23. The molecule has 0 radical (unpaired) electrons. The van der Waals surface area contributed by atoms with E-state index in [4.69, 9.17) is 9.47 Å². The number of anilines is 1. The lowest BCUT2D eigenvalue weighted by atomic mass is 10.0. The molecule has 21 heavy (non-hydrogen) atoms. The Morgan fingerprint density at radius 1 is 1.33 bits per heavy atom. The van der Waals surface area contributed by atoms with Crippen molar-refractivity contribution in [3.63, 3.8) is 0 Å². The van der Waals surface area contributed by atoms with E-state index in [2.05, 4.69) is 5.32 Å². The van der Waals surface area contributed by atoms with Gasteiger partial charge in [-0.05, 0) is 37.1 Å². The molecule has 2 heterocycles. The van der Waals surface area contributed by atoms with Crippen molar-refractivity contribution in [3.05, 3.63) is 29.3 Å². The molecule has 0 aliphatic carbocycles. The third-order valence-electron chi connectivity index (χ3n) is 3.61. The van der Waals surface area contributed by atoms with E-state index in [1.807, 2.05) is 0 Å². The molecule has 110 valence electrons. The van der Waals surface area contributed by atoms with Crippen molar-refractivity contribution in [1.29, 1.82) is 0 Å². The maximum Gasteiger partial charge on any atom is 0.347 e. The highest BCUT2D eigenvalue weighted by atomic mass is 16.6. The summed E-state index contributed by atoms with van der Waals surface area (Å²) in [6.45, 7) is 1.76. The van der Waals surface area contributed by atoms with Crippen LogP contribution in [0.5, 0.6) is 0 Å². The normalized spacial score (nSPS) is 24.0.